The van der Waals surface area contributed by atoms with E-state index in [1.165, 1.54) is 0 Å². The normalized spacial score (nSPS) is 14.9. The summed E-state index contributed by atoms with van der Waals surface area (Å²) in [5, 5.41) is 1.59. The largest absolute Gasteiger partial charge is 0.493 e. The van der Waals surface area contributed by atoms with Crippen molar-refractivity contribution in [3.63, 3.8) is 0 Å². The van der Waals surface area contributed by atoms with E-state index in [0.717, 1.165) is 28.8 Å². The standard InChI is InChI=1S/C23H23ClN2O4S2/c1-14(2)10-11-30-18-9-4-15(12-19(18)29-3)13-20-22(28)26(23(31)32-20)25-21(27)16-5-7-17(24)8-6-16/h4-9,12-14H,10-11H2,1-3H3,(H,25,27)/b20-13+. The number of rotatable bonds is 8. The van der Waals surface area contributed by atoms with E-state index < -0.39 is 11.8 Å². The zero-order valence-corrected chi connectivity index (χ0v) is 20.3. The lowest BCUT2D eigenvalue weighted by atomic mass is 10.1. The van der Waals surface area contributed by atoms with Crippen molar-refractivity contribution < 1.29 is 19.1 Å². The summed E-state index contributed by atoms with van der Waals surface area (Å²) in [6.45, 7) is 4.87. The predicted octanol–water partition coefficient (Wildman–Crippen LogP) is 5.32. The van der Waals surface area contributed by atoms with Crippen molar-refractivity contribution in [1.29, 1.82) is 0 Å². The molecule has 0 aliphatic carbocycles. The van der Waals surface area contributed by atoms with Gasteiger partial charge in [0.2, 0.25) is 0 Å². The van der Waals surface area contributed by atoms with Crippen LogP contribution >= 0.6 is 35.6 Å². The fourth-order valence-electron chi connectivity index (χ4n) is 2.78. The molecule has 2 aromatic carbocycles. The summed E-state index contributed by atoms with van der Waals surface area (Å²) >= 11 is 12.3. The molecule has 6 nitrogen and oxygen atoms in total. The van der Waals surface area contributed by atoms with Crippen molar-refractivity contribution in [2.24, 2.45) is 5.92 Å². The molecule has 168 valence electrons. The molecule has 1 aliphatic rings. The van der Waals surface area contributed by atoms with Crippen LogP contribution in [0.4, 0.5) is 0 Å². The molecule has 32 heavy (non-hydrogen) atoms. The van der Waals surface area contributed by atoms with Gasteiger partial charge in [-0.05, 0) is 72.6 Å². The van der Waals surface area contributed by atoms with Crippen molar-refractivity contribution >= 4 is 57.8 Å². The number of ether oxygens (including phenoxy) is 2. The minimum Gasteiger partial charge on any atom is -0.493 e. The van der Waals surface area contributed by atoms with Gasteiger partial charge in [-0.15, -0.1) is 0 Å². The molecule has 0 spiro atoms. The van der Waals surface area contributed by atoms with Crippen molar-refractivity contribution in [2.45, 2.75) is 20.3 Å². The first-order valence-corrected chi connectivity index (χ1v) is 11.5. The number of methoxy groups -OCH3 is 1. The maximum atomic E-state index is 12.8. The van der Waals surface area contributed by atoms with E-state index in [4.69, 9.17) is 33.3 Å². The lowest BCUT2D eigenvalue weighted by Gasteiger charge is -2.15. The quantitative estimate of drug-likeness (QED) is 0.399. The Morgan fingerprint density at radius 1 is 1.22 bits per heavy atom. The van der Waals surface area contributed by atoms with Crippen molar-refractivity contribution in [3.8, 4) is 11.5 Å². The van der Waals surface area contributed by atoms with Gasteiger partial charge in [0, 0.05) is 10.6 Å². The number of thiocarbonyl (C=S) groups is 1. The molecule has 1 N–H and O–H groups in total. The Morgan fingerprint density at radius 3 is 2.59 bits per heavy atom. The third-order valence-electron chi connectivity index (χ3n) is 4.55. The van der Waals surface area contributed by atoms with E-state index in [1.54, 1.807) is 43.5 Å². The average Bonchev–Trinajstić information content (AvgIpc) is 3.02. The van der Waals surface area contributed by atoms with Gasteiger partial charge in [0.1, 0.15) is 0 Å². The molecule has 1 heterocycles. The van der Waals surface area contributed by atoms with Gasteiger partial charge < -0.3 is 9.47 Å². The average molecular weight is 491 g/mol. The monoisotopic (exact) mass is 490 g/mol. The maximum Gasteiger partial charge on any atom is 0.285 e. The number of nitrogens with zero attached hydrogens (tertiary/aromatic N) is 1. The Morgan fingerprint density at radius 2 is 1.94 bits per heavy atom. The lowest BCUT2D eigenvalue weighted by Crippen LogP contribution is -2.44. The Balaban J connectivity index is 1.72. The summed E-state index contributed by atoms with van der Waals surface area (Å²) in [6, 6.07) is 11.8. The molecule has 1 saturated heterocycles. The summed E-state index contributed by atoms with van der Waals surface area (Å²) in [5.74, 6) is 0.909. The second kappa shape index (κ2) is 10.8. The highest BCUT2D eigenvalue weighted by molar-refractivity contribution is 8.26. The molecule has 1 fully saturated rings. The van der Waals surface area contributed by atoms with Crippen LogP contribution in [0.1, 0.15) is 36.2 Å². The molecule has 2 aromatic rings. The Labute approximate surface area is 201 Å². The molecule has 0 unspecified atom stereocenters. The Bertz CT molecular complexity index is 1050. The predicted molar refractivity (Wildman–Crippen MR) is 132 cm³/mol. The molecule has 0 atom stereocenters. The third kappa shape index (κ3) is 6.03. The van der Waals surface area contributed by atoms with Gasteiger partial charge >= 0.3 is 0 Å². The maximum absolute atomic E-state index is 12.8. The first-order valence-electron chi connectivity index (χ1n) is 9.94. The third-order valence-corrected chi connectivity index (χ3v) is 6.11. The van der Waals surface area contributed by atoms with Crippen molar-refractivity contribution in [3.05, 3.63) is 63.5 Å². The van der Waals surface area contributed by atoms with Gasteiger partial charge in [-0.1, -0.05) is 43.3 Å². The topological polar surface area (TPSA) is 67.9 Å². The molecule has 9 heteroatoms. The highest BCUT2D eigenvalue weighted by atomic mass is 35.5. The van der Waals surface area contributed by atoms with Crippen LogP contribution in [0.25, 0.3) is 6.08 Å². The van der Waals surface area contributed by atoms with Crippen LogP contribution in [0.3, 0.4) is 0 Å². The van der Waals surface area contributed by atoms with E-state index in [0.29, 0.717) is 39.5 Å². The SMILES string of the molecule is COc1cc(/C=C2/SC(=S)N(NC(=O)c3ccc(Cl)cc3)C2=O)ccc1OCCC(C)C. The van der Waals surface area contributed by atoms with Crippen LogP contribution in [0.5, 0.6) is 11.5 Å². The summed E-state index contributed by atoms with van der Waals surface area (Å²) in [4.78, 5) is 25.7. The number of hydrogen-bond acceptors (Lipinski definition) is 6. The fraction of sp³-hybridized carbons (Fsp3) is 0.261. The van der Waals surface area contributed by atoms with Crippen LogP contribution in [0.15, 0.2) is 47.4 Å². The number of thioether (sulfide) groups is 1. The molecular formula is C23H23ClN2O4S2. The van der Waals surface area contributed by atoms with Gasteiger partial charge in [0.15, 0.2) is 15.8 Å². The molecule has 2 amide bonds. The van der Waals surface area contributed by atoms with E-state index in [1.807, 2.05) is 12.1 Å². The van der Waals surface area contributed by atoms with Crippen LogP contribution in [-0.4, -0.2) is 34.9 Å². The number of carbonyl (C=O) groups excluding carboxylic acids is 2. The van der Waals surface area contributed by atoms with Crippen LogP contribution in [-0.2, 0) is 4.79 Å². The summed E-state index contributed by atoms with van der Waals surface area (Å²) < 4.78 is 11.5. The van der Waals surface area contributed by atoms with E-state index in [-0.39, 0.29) is 4.32 Å². The molecule has 0 bridgehead atoms. The number of hydrogen-bond donors (Lipinski definition) is 1. The summed E-state index contributed by atoms with van der Waals surface area (Å²) in [7, 11) is 1.57. The number of halogens is 1. The van der Waals surface area contributed by atoms with Gasteiger partial charge in [0.05, 0.1) is 18.6 Å². The molecule has 3 rings (SSSR count). The van der Waals surface area contributed by atoms with E-state index >= 15 is 0 Å². The smallest absolute Gasteiger partial charge is 0.285 e. The van der Waals surface area contributed by atoms with E-state index in [2.05, 4.69) is 19.3 Å². The molecular weight excluding hydrogens is 468 g/mol. The summed E-state index contributed by atoms with van der Waals surface area (Å²) in [5.41, 5.74) is 3.67. The van der Waals surface area contributed by atoms with Gasteiger partial charge in [-0.2, -0.15) is 5.01 Å². The zero-order chi connectivity index (χ0) is 23.3. The number of nitrogens with one attached hydrogen (secondary N) is 1. The van der Waals surface area contributed by atoms with Crippen molar-refractivity contribution in [1.82, 2.24) is 10.4 Å². The number of amides is 2. The number of hydrazine groups is 1. The highest BCUT2D eigenvalue weighted by Gasteiger charge is 2.33. The molecule has 0 radical (unpaired) electrons. The molecule has 0 aromatic heterocycles. The second-order valence-electron chi connectivity index (χ2n) is 7.41. The molecule has 1 aliphatic heterocycles. The first kappa shape index (κ1) is 24.1. The van der Waals surface area contributed by atoms with Crippen molar-refractivity contribution in [2.75, 3.05) is 13.7 Å². The minimum absolute atomic E-state index is 0.240. The van der Waals surface area contributed by atoms with Crippen LogP contribution in [0, 0.1) is 5.92 Å². The fourth-order valence-corrected chi connectivity index (χ4v) is 4.09. The van der Waals surface area contributed by atoms with Gasteiger partial charge in [-0.25, -0.2) is 0 Å². The Kier molecular flexibility index (Phi) is 8.17. The van der Waals surface area contributed by atoms with Gasteiger partial charge in [-0.3, -0.25) is 15.0 Å². The lowest BCUT2D eigenvalue weighted by molar-refractivity contribution is -0.123. The van der Waals surface area contributed by atoms with Gasteiger partial charge in [0.25, 0.3) is 11.8 Å². The first-order chi connectivity index (χ1) is 15.3. The van der Waals surface area contributed by atoms with Crippen LogP contribution in [0.2, 0.25) is 5.02 Å². The highest BCUT2D eigenvalue weighted by Crippen LogP contribution is 2.34. The Hall–Kier alpha value is -2.55. The minimum atomic E-state index is -0.455. The number of benzene rings is 2. The molecule has 0 saturated carbocycles. The summed E-state index contributed by atoms with van der Waals surface area (Å²) in [6.07, 6.45) is 2.64. The van der Waals surface area contributed by atoms with E-state index in [9.17, 15) is 9.59 Å². The second-order valence-corrected chi connectivity index (χ2v) is 9.52. The zero-order valence-electron chi connectivity index (χ0n) is 17.9. The van der Waals surface area contributed by atoms with Crippen LogP contribution < -0.4 is 14.9 Å². The number of carbonyl (C=O) groups is 2.